The van der Waals surface area contributed by atoms with Gasteiger partial charge in [-0.25, -0.2) is 0 Å². The summed E-state index contributed by atoms with van der Waals surface area (Å²) in [7, 11) is 0. The smallest absolute Gasteiger partial charge is 0.0857 e. The molecule has 1 heterocycles. The molecular formula is C13H12N2. The molecule has 2 heteroatoms. The van der Waals surface area contributed by atoms with Gasteiger partial charge >= 0.3 is 0 Å². The topological polar surface area (TPSA) is 36.7 Å². The standard InChI is InChI=1S/C13H12N2/c1-9(8-14)13-7-11-5-3-4-6-12(11)10(2)15-13/h3-7,9H,1-2H3. The third-order valence-corrected chi connectivity index (χ3v) is 2.59. The maximum atomic E-state index is 8.86. The zero-order valence-electron chi connectivity index (χ0n) is 8.86. The molecular weight excluding hydrogens is 184 g/mol. The number of aryl methyl sites for hydroxylation is 1. The Balaban J connectivity index is 2.68. The van der Waals surface area contributed by atoms with Gasteiger partial charge in [0.25, 0.3) is 0 Å². The van der Waals surface area contributed by atoms with Gasteiger partial charge < -0.3 is 0 Å². The summed E-state index contributed by atoms with van der Waals surface area (Å²) in [5.41, 5.74) is 1.85. The van der Waals surface area contributed by atoms with E-state index in [0.717, 1.165) is 22.2 Å². The van der Waals surface area contributed by atoms with Crippen LogP contribution in [0.4, 0.5) is 0 Å². The minimum atomic E-state index is -0.145. The van der Waals surface area contributed by atoms with E-state index >= 15 is 0 Å². The number of aromatic nitrogens is 1. The van der Waals surface area contributed by atoms with Crippen LogP contribution in [-0.2, 0) is 0 Å². The molecule has 0 saturated heterocycles. The van der Waals surface area contributed by atoms with E-state index in [1.54, 1.807) is 0 Å². The quantitative estimate of drug-likeness (QED) is 0.702. The second-order valence-corrected chi connectivity index (χ2v) is 3.70. The number of pyridine rings is 1. The minimum absolute atomic E-state index is 0.145. The number of nitrogens with zero attached hydrogens (tertiary/aromatic N) is 2. The molecule has 0 aliphatic heterocycles. The maximum absolute atomic E-state index is 8.86. The van der Waals surface area contributed by atoms with Gasteiger partial charge in [-0.05, 0) is 25.3 Å². The normalized spacial score (nSPS) is 12.3. The summed E-state index contributed by atoms with van der Waals surface area (Å²) < 4.78 is 0. The molecule has 2 nitrogen and oxygen atoms in total. The Hall–Kier alpha value is -1.88. The third kappa shape index (κ3) is 1.69. The van der Waals surface area contributed by atoms with E-state index in [2.05, 4.69) is 23.2 Å². The van der Waals surface area contributed by atoms with Crippen LogP contribution in [0.15, 0.2) is 30.3 Å². The first-order valence-electron chi connectivity index (χ1n) is 4.98. The molecule has 0 aliphatic carbocycles. The average Bonchev–Trinajstić information content (AvgIpc) is 2.28. The summed E-state index contributed by atoms with van der Waals surface area (Å²) in [5, 5.41) is 11.2. The number of rotatable bonds is 1. The van der Waals surface area contributed by atoms with Crippen molar-refractivity contribution in [3.63, 3.8) is 0 Å². The average molecular weight is 196 g/mol. The van der Waals surface area contributed by atoms with Gasteiger partial charge in [0.05, 0.1) is 17.7 Å². The van der Waals surface area contributed by atoms with E-state index in [-0.39, 0.29) is 5.92 Å². The molecule has 1 aromatic heterocycles. The summed E-state index contributed by atoms with van der Waals surface area (Å²) in [4.78, 5) is 4.45. The van der Waals surface area contributed by atoms with Gasteiger partial charge in [0.2, 0.25) is 0 Å². The van der Waals surface area contributed by atoms with Crippen LogP contribution < -0.4 is 0 Å². The lowest BCUT2D eigenvalue weighted by Gasteiger charge is -2.07. The maximum Gasteiger partial charge on any atom is 0.0857 e. The van der Waals surface area contributed by atoms with Crippen molar-refractivity contribution in [2.24, 2.45) is 0 Å². The van der Waals surface area contributed by atoms with Crippen molar-refractivity contribution in [2.45, 2.75) is 19.8 Å². The Labute approximate surface area is 89.2 Å². The molecule has 0 saturated carbocycles. The highest BCUT2D eigenvalue weighted by molar-refractivity contribution is 5.84. The van der Waals surface area contributed by atoms with Gasteiger partial charge in [-0.3, -0.25) is 4.98 Å². The van der Waals surface area contributed by atoms with E-state index in [0.29, 0.717) is 0 Å². The summed E-state index contributed by atoms with van der Waals surface area (Å²) in [6.07, 6.45) is 0. The largest absolute Gasteiger partial charge is 0.256 e. The molecule has 1 aromatic carbocycles. The fourth-order valence-corrected chi connectivity index (χ4v) is 1.69. The predicted octanol–water partition coefficient (Wildman–Crippen LogP) is 3.17. The SMILES string of the molecule is Cc1nc(C(C)C#N)cc2ccccc12. The first-order valence-corrected chi connectivity index (χ1v) is 4.98. The lowest BCUT2D eigenvalue weighted by atomic mass is 10.0. The Bertz CT molecular complexity index is 538. The lowest BCUT2D eigenvalue weighted by molar-refractivity contribution is 0.913. The van der Waals surface area contributed by atoms with Crippen LogP contribution in [0, 0.1) is 18.3 Å². The fourth-order valence-electron chi connectivity index (χ4n) is 1.69. The number of nitriles is 1. The lowest BCUT2D eigenvalue weighted by Crippen LogP contribution is -1.96. The third-order valence-electron chi connectivity index (χ3n) is 2.59. The van der Waals surface area contributed by atoms with Crippen LogP contribution in [0.5, 0.6) is 0 Å². The molecule has 2 aromatic rings. The highest BCUT2D eigenvalue weighted by atomic mass is 14.7. The highest BCUT2D eigenvalue weighted by Crippen LogP contribution is 2.21. The Morgan fingerprint density at radius 1 is 1.33 bits per heavy atom. The van der Waals surface area contributed by atoms with Crippen molar-refractivity contribution >= 4 is 10.8 Å². The molecule has 0 amide bonds. The van der Waals surface area contributed by atoms with E-state index in [1.165, 1.54) is 0 Å². The number of hydrogen-bond donors (Lipinski definition) is 0. The molecule has 2 rings (SSSR count). The molecule has 15 heavy (non-hydrogen) atoms. The molecule has 0 N–H and O–H groups in total. The first kappa shape index (κ1) is 9.67. The molecule has 0 bridgehead atoms. The van der Waals surface area contributed by atoms with Gasteiger partial charge in [0, 0.05) is 11.1 Å². The summed E-state index contributed by atoms with van der Waals surface area (Å²) >= 11 is 0. The molecule has 1 atom stereocenters. The Morgan fingerprint density at radius 2 is 2.07 bits per heavy atom. The molecule has 1 unspecified atom stereocenters. The number of fused-ring (bicyclic) bond motifs is 1. The van der Waals surface area contributed by atoms with Crippen LogP contribution in [0.2, 0.25) is 0 Å². The van der Waals surface area contributed by atoms with Gasteiger partial charge in [0.15, 0.2) is 0 Å². The van der Waals surface area contributed by atoms with Crippen molar-refractivity contribution in [3.8, 4) is 6.07 Å². The van der Waals surface area contributed by atoms with Gasteiger partial charge in [-0.15, -0.1) is 0 Å². The summed E-state index contributed by atoms with van der Waals surface area (Å²) in [5.74, 6) is -0.145. The molecule has 0 spiro atoms. The van der Waals surface area contributed by atoms with Crippen molar-refractivity contribution in [2.75, 3.05) is 0 Å². The van der Waals surface area contributed by atoms with Crippen LogP contribution in [-0.4, -0.2) is 4.98 Å². The fraction of sp³-hybridized carbons (Fsp3) is 0.231. The van der Waals surface area contributed by atoms with Crippen LogP contribution in [0.25, 0.3) is 10.8 Å². The predicted molar refractivity (Wildman–Crippen MR) is 60.5 cm³/mol. The summed E-state index contributed by atoms with van der Waals surface area (Å²) in [6.45, 7) is 3.85. The van der Waals surface area contributed by atoms with Gasteiger partial charge in [-0.1, -0.05) is 24.3 Å². The van der Waals surface area contributed by atoms with Crippen molar-refractivity contribution < 1.29 is 0 Å². The molecule has 0 fully saturated rings. The van der Waals surface area contributed by atoms with Crippen LogP contribution in [0.1, 0.15) is 24.2 Å². The monoisotopic (exact) mass is 196 g/mol. The zero-order valence-corrected chi connectivity index (χ0v) is 8.86. The van der Waals surface area contributed by atoms with Gasteiger partial charge in [0.1, 0.15) is 0 Å². The highest BCUT2D eigenvalue weighted by Gasteiger charge is 2.08. The van der Waals surface area contributed by atoms with E-state index in [1.807, 2.05) is 32.0 Å². The van der Waals surface area contributed by atoms with Crippen LogP contribution in [0.3, 0.4) is 0 Å². The Kier molecular flexibility index (Phi) is 2.39. The van der Waals surface area contributed by atoms with E-state index in [4.69, 9.17) is 5.26 Å². The second kappa shape index (κ2) is 3.70. The minimum Gasteiger partial charge on any atom is -0.256 e. The van der Waals surface area contributed by atoms with E-state index < -0.39 is 0 Å². The van der Waals surface area contributed by atoms with E-state index in [9.17, 15) is 0 Å². The first-order chi connectivity index (χ1) is 7.22. The summed E-state index contributed by atoms with van der Waals surface area (Å²) in [6, 6.07) is 12.3. The molecule has 0 radical (unpaired) electrons. The molecule has 74 valence electrons. The second-order valence-electron chi connectivity index (χ2n) is 3.70. The van der Waals surface area contributed by atoms with Crippen molar-refractivity contribution in [3.05, 3.63) is 41.7 Å². The van der Waals surface area contributed by atoms with Gasteiger partial charge in [-0.2, -0.15) is 5.26 Å². The number of hydrogen-bond acceptors (Lipinski definition) is 2. The zero-order chi connectivity index (χ0) is 10.8. The Morgan fingerprint density at radius 3 is 2.80 bits per heavy atom. The molecule has 0 aliphatic rings. The van der Waals surface area contributed by atoms with Crippen LogP contribution >= 0.6 is 0 Å². The number of benzene rings is 1. The van der Waals surface area contributed by atoms with Crippen molar-refractivity contribution in [1.82, 2.24) is 4.98 Å². The van der Waals surface area contributed by atoms with Crippen molar-refractivity contribution in [1.29, 1.82) is 5.26 Å².